The van der Waals surface area contributed by atoms with Gasteiger partial charge in [0, 0.05) is 28.8 Å². The lowest BCUT2D eigenvalue weighted by Gasteiger charge is -2.00. The highest BCUT2D eigenvalue weighted by molar-refractivity contribution is 7.24. The SMILES string of the molecule is O=C1C(=Cc2cc3sc(-c4nccs4)nc3o2)C(=O)c2cc3ccccc3cc21. The van der Waals surface area contributed by atoms with Crippen LogP contribution in [0.5, 0.6) is 0 Å². The Labute approximate surface area is 172 Å². The Morgan fingerprint density at radius 1 is 0.931 bits per heavy atom. The van der Waals surface area contributed by atoms with Gasteiger partial charge < -0.3 is 4.42 Å². The van der Waals surface area contributed by atoms with Gasteiger partial charge in [-0.25, -0.2) is 4.98 Å². The minimum Gasteiger partial charge on any atom is -0.437 e. The molecule has 0 saturated carbocycles. The van der Waals surface area contributed by atoms with Crippen LogP contribution in [0.4, 0.5) is 0 Å². The van der Waals surface area contributed by atoms with Gasteiger partial charge in [-0.05, 0) is 29.0 Å². The maximum atomic E-state index is 12.9. The summed E-state index contributed by atoms with van der Waals surface area (Å²) in [6, 6.07) is 13.1. The number of rotatable bonds is 2. The molecule has 0 bridgehead atoms. The van der Waals surface area contributed by atoms with Crippen molar-refractivity contribution >= 4 is 61.5 Å². The fourth-order valence-corrected chi connectivity index (χ4v) is 5.14. The average molecular weight is 414 g/mol. The van der Waals surface area contributed by atoms with Gasteiger partial charge in [0.25, 0.3) is 0 Å². The third-order valence-electron chi connectivity index (χ3n) is 4.87. The number of thiazole rings is 2. The summed E-state index contributed by atoms with van der Waals surface area (Å²) in [4.78, 5) is 34.5. The van der Waals surface area contributed by atoms with Gasteiger partial charge in [-0.3, -0.25) is 9.59 Å². The van der Waals surface area contributed by atoms with Crippen LogP contribution in [0.15, 0.2) is 64.0 Å². The Morgan fingerprint density at radius 2 is 1.66 bits per heavy atom. The fraction of sp³-hybridized carbons (Fsp3) is 0. The third kappa shape index (κ3) is 2.52. The summed E-state index contributed by atoms with van der Waals surface area (Å²) >= 11 is 2.98. The molecule has 6 rings (SSSR count). The number of hydrogen-bond donors (Lipinski definition) is 0. The molecule has 1 aliphatic rings. The summed E-state index contributed by atoms with van der Waals surface area (Å²) < 4.78 is 6.63. The monoisotopic (exact) mass is 414 g/mol. The number of Topliss-reactive ketones (excluding diaryl/α,β-unsaturated/α-hetero) is 2. The molecular formula is C22H10N2O3S2. The van der Waals surface area contributed by atoms with Crippen molar-refractivity contribution in [1.82, 2.24) is 9.97 Å². The van der Waals surface area contributed by atoms with Crippen molar-refractivity contribution in [2.45, 2.75) is 0 Å². The quantitative estimate of drug-likeness (QED) is 0.276. The van der Waals surface area contributed by atoms with Crippen molar-refractivity contribution in [3.63, 3.8) is 0 Å². The topological polar surface area (TPSA) is 73.1 Å². The summed E-state index contributed by atoms with van der Waals surface area (Å²) in [5, 5.41) is 5.40. The van der Waals surface area contributed by atoms with E-state index in [0.717, 1.165) is 25.5 Å². The van der Waals surface area contributed by atoms with Crippen LogP contribution in [0.3, 0.4) is 0 Å². The van der Waals surface area contributed by atoms with E-state index in [0.29, 0.717) is 22.6 Å². The molecule has 0 saturated heterocycles. The molecule has 3 heterocycles. The number of hydrogen-bond acceptors (Lipinski definition) is 7. The number of ketones is 2. The number of allylic oxidation sites excluding steroid dienone is 1. The molecule has 0 N–H and O–H groups in total. The van der Waals surface area contributed by atoms with E-state index in [-0.39, 0.29) is 17.1 Å². The first-order chi connectivity index (χ1) is 14.2. The molecule has 0 amide bonds. The van der Waals surface area contributed by atoms with Gasteiger partial charge in [0.1, 0.15) is 5.76 Å². The van der Waals surface area contributed by atoms with Gasteiger partial charge in [0.2, 0.25) is 5.71 Å². The number of aromatic nitrogens is 2. The van der Waals surface area contributed by atoms with Crippen molar-refractivity contribution in [1.29, 1.82) is 0 Å². The molecule has 7 heteroatoms. The van der Waals surface area contributed by atoms with Crippen molar-refractivity contribution < 1.29 is 14.0 Å². The first-order valence-corrected chi connectivity index (χ1v) is 10.5. The lowest BCUT2D eigenvalue weighted by molar-refractivity contribution is 0.0990. The van der Waals surface area contributed by atoms with Crippen molar-refractivity contribution in [2.75, 3.05) is 0 Å². The summed E-state index contributed by atoms with van der Waals surface area (Å²) in [6.07, 6.45) is 3.25. The normalized spacial score (nSPS) is 13.6. The Morgan fingerprint density at radius 3 is 2.28 bits per heavy atom. The molecule has 3 aromatic heterocycles. The number of carbonyl (C=O) groups is 2. The van der Waals surface area contributed by atoms with E-state index in [1.54, 1.807) is 24.4 Å². The van der Waals surface area contributed by atoms with Gasteiger partial charge >= 0.3 is 0 Å². The van der Waals surface area contributed by atoms with E-state index >= 15 is 0 Å². The summed E-state index contributed by atoms with van der Waals surface area (Å²) in [5.41, 5.74) is 1.49. The molecule has 0 atom stereocenters. The number of benzene rings is 2. The Kier molecular flexibility index (Phi) is 3.44. The van der Waals surface area contributed by atoms with Crippen LogP contribution >= 0.6 is 22.7 Å². The van der Waals surface area contributed by atoms with Crippen LogP contribution in [0.2, 0.25) is 0 Å². The predicted octanol–water partition coefficient (Wildman–Crippen LogP) is 5.63. The minimum atomic E-state index is -0.271. The minimum absolute atomic E-state index is 0.122. The van der Waals surface area contributed by atoms with Crippen molar-refractivity contribution in [3.8, 4) is 10.0 Å². The Hall–Kier alpha value is -3.42. The molecule has 5 nitrogen and oxygen atoms in total. The van der Waals surface area contributed by atoms with Crippen LogP contribution in [0.1, 0.15) is 26.5 Å². The predicted molar refractivity (Wildman–Crippen MR) is 114 cm³/mol. The highest BCUT2D eigenvalue weighted by Crippen LogP contribution is 2.35. The molecular weight excluding hydrogens is 404 g/mol. The van der Waals surface area contributed by atoms with E-state index in [1.807, 2.05) is 29.6 Å². The van der Waals surface area contributed by atoms with E-state index in [1.165, 1.54) is 28.7 Å². The first-order valence-electron chi connectivity index (χ1n) is 8.81. The number of carbonyl (C=O) groups excluding carboxylic acids is 2. The van der Waals surface area contributed by atoms with E-state index in [9.17, 15) is 9.59 Å². The second-order valence-electron chi connectivity index (χ2n) is 6.64. The van der Waals surface area contributed by atoms with Crippen molar-refractivity contribution in [3.05, 3.63) is 76.5 Å². The average Bonchev–Trinajstić information content (AvgIpc) is 3.48. The molecule has 5 aromatic rings. The van der Waals surface area contributed by atoms with E-state index in [4.69, 9.17) is 4.42 Å². The summed E-state index contributed by atoms with van der Waals surface area (Å²) in [6.45, 7) is 0. The summed E-state index contributed by atoms with van der Waals surface area (Å²) in [7, 11) is 0. The first kappa shape index (κ1) is 16.5. The van der Waals surface area contributed by atoms with E-state index in [2.05, 4.69) is 9.97 Å². The zero-order valence-corrected chi connectivity index (χ0v) is 16.3. The smallest absolute Gasteiger partial charge is 0.238 e. The van der Waals surface area contributed by atoms with Gasteiger partial charge in [0.15, 0.2) is 21.6 Å². The molecule has 0 unspecified atom stereocenters. The molecule has 138 valence electrons. The Balaban J connectivity index is 1.41. The lowest BCUT2D eigenvalue weighted by atomic mass is 10.0. The number of nitrogens with zero attached hydrogens (tertiary/aromatic N) is 2. The van der Waals surface area contributed by atoms with Crippen LogP contribution in [0, 0.1) is 0 Å². The zero-order chi connectivity index (χ0) is 19.5. The summed E-state index contributed by atoms with van der Waals surface area (Å²) in [5.74, 6) is -0.0996. The van der Waals surface area contributed by atoms with Gasteiger partial charge in [-0.15, -0.1) is 22.7 Å². The zero-order valence-electron chi connectivity index (χ0n) is 14.7. The van der Waals surface area contributed by atoms with Crippen molar-refractivity contribution in [2.24, 2.45) is 0 Å². The number of furan rings is 1. The largest absolute Gasteiger partial charge is 0.437 e. The van der Waals surface area contributed by atoms with Crippen LogP contribution in [-0.4, -0.2) is 21.5 Å². The molecule has 2 aromatic carbocycles. The second-order valence-corrected chi connectivity index (χ2v) is 8.56. The molecule has 0 fully saturated rings. The molecule has 0 spiro atoms. The lowest BCUT2D eigenvalue weighted by Crippen LogP contribution is -1.99. The van der Waals surface area contributed by atoms with E-state index < -0.39 is 0 Å². The van der Waals surface area contributed by atoms with Crippen LogP contribution in [0.25, 0.3) is 37.3 Å². The van der Waals surface area contributed by atoms with Gasteiger partial charge in [-0.1, -0.05) is 24.3 Å². The van der Waals surface area contributed by atoms with Gasteiger partial charge in [-0.2, -0.15) is 4.98 Å². The van der Waals surface area contributed by atoms with Crippen LogP contribution in [-0.2, 0) is 0 Å². The molecule has 29 heavy (non-hydrogen) atoms. The highest BCUT2D eigenvalue weighted by Gasteiger charge is 2.33. The number of fused-ring (bicyclic) bond motifs is 3. The van der Waals surface area contributed by atoms with Gasteiger partial charge in [0.05, 0.1) is 10.3 Å². The maximum absolute atomic E-state index is 12.9. The molecule has 0 radical (unpaired) electrons. The fourth-order valence-electron chi connectivity index (χ4n) is 3.53. The maximum Gasteiger partial charge on any atom is 0.238 e. The highest BCUT2D eigenvalue weighted by atomic mass is 32.1. The molecule has 1 aliphatic carbocycles. The van der Waals surface area contributed by atoms with Crippen LogP contribution < -0.4 is 0 Å². The Bertz CT molecular complexity index is 1400. The third-order valence-corrected chi connectivity index (χ3v) is 6.77. The standard InChI is InChI=1S/C22H10N2O3S2/c25-18-14-7-11-3-1-2-4-12(11)8-15(14)19(26)16(18)9-13-10-17-20(27-13)24-22(29-17)21-23-5-6-28-21/h1-10H. The molecule has 0 aliphatic heterocycles. The second kappa shape index (κ2) is 6.04.